The molecular weight excluding hydrogens is 168 g/mol. The van der Waals surface area contributed by atoms with Crippen LogP contribution in [-0.4, -0.2) is 17.4 Å². The number of ether oxygens (including phenoxy) is 1. The van der Waals surface area contributed by atoms with Gasteiger partial charge in [0.15, 0.2) is 0 Å². The summed E-state index contributed by atoms with van der Waals surface area (Å²) < 4.78 is 4.65. The van der Waals surface area contributed by atoms with E-state index in [0.717, 1.165) is 18.4 Å². The van der Waals surface area contributed by atoms with Gasteiger partial charge in [-0.15, -0.1) is 0 Å². The lowest BCUT2D eigenvalue weighted by molar-refractivity contribution is -0.151. The molecule has 72 valence electrons. The molecule has 0 aromatic rings. The van der Waals surface area contributed by atoms with Gasteiger partial charge >= 0.3 is 5.97 Å². The Bertz CT molecular complexity index is 239. The maximum absolute atomic E-state index is 10.8. The molecule has 0 saturated heterocycles. The fourth-order valence-electron chi connectivity index (χ4n) is 2.17. The number of carbonyl (C=O) groups excluding carboxylic acids is 1. The minimum absolute atomic E-state index is 0.371. The molecule has 0 radical (unpaired) electrons. The zero-order chi connectivity index (χ0) is 9.26. The second-order valence-corrected chi connectivity index (χ2v) is 3.77. The van der Waals surface area contributed by atoms with Crippen LogP contribution in [0.4, 0.5) is 0 Å². The van der Waals surface area contributed by atoms with Crippen molar-refractivity contribution >= 4 is 5.97 Å². The Labute approximate surface area is 77.4 Å². The predicted molar refractivity (Wildman–Crippen MR) is 46.8 cm³/mol. The van der Waals surface area contributed by atoms with Crippen LogP contribution in [0.25, 0.3) is 0 Å². The highest BCUT2D eigenvalue weighted by Gasteiger charge is 2.30. The van der Waals surface area contributed by atoms with Crippen LogP contribution in [0.5, 0.6) is 0 Å². The van der Waals surface area contributed by atoms with Gasteiger partial charge in [-0.1, -0.05) is 19.3 Å². The summed E-state index contributed by atoms with van der Waals surface area (Å²) in [5.41, 5.74) is 0.796. The van der Waals surface area contributed by atoms with E-state index in [9.17, 15) is 9.90 Å². The molecule has 2 rings (SSSR count). The lowest BCUT2D eigenvalue weighted by Crippen LogP contribution is -2.18. The number of hydrogen-bond donors (Lipinski definition) is 1. The normalized spacial score (nSPS) is 30.1. The van der Waals surface area contributed by atoms with Crippen molar-refractivity contribution in [2.75, 3.05) is 0 Å². The van der Waals surface area contributed by atoms with Gasteiger partial charge < -0.3 is 9.84 Å². The lowest BCUT2D eigenvalue weighted by atomic mass is 9.84. The Kier molecular flexibility index (Phi) is 2.36. The van der Waals surface area contributed by atoms with E-state index in [1.807, 2.05) is 0 Å². The lowest BCUT2D eigenvalue weighted by Gasteiger charge is -2.23. The summed E-state index contributed by atoms with van der Waals surface area (Å²) in [6.45, 7) is 0. The number of hydrogen-bond acceptors (Lipinski definition) is 3. The summed E-state index contributed by atoms with van der Waals surface area (Å²) in [5.74, 6) is -0.0247. The second-order valence-electron chi connectivity index (χ2n) is 3.77. The molecule has 0 spiro atoms. The van der Waals surface area contributed by atoms with Crippen molar-refractivity contribution < 1.29 is 14.6 Å². The van der Waals surface area contributed by atoms with Crippen LogP contribution in [0.3, 0.4) is 0 Å². The molecule has 1 aliphatic carbocycles. The van der Waals surface area contributed by atoms with Crippen LogP contribution in [0.1, 0.15) is 32.1 Å². The SMILES string of the molecule is O=C1C=C(C2CCCCC2)C(O)O1. The van der Waals surface area contributed by atoms with E-state index in [1.54, 1.807) is 0 Å². The van der Waals surface area contributed by atoms with Gasteiger partial charge in [-0.25, -0.2) is 4.79 Å². The Morgan fingerprint density at radius 1 is 1.31 bits per heavy atom. The molecule has 13 heavy (non-hydrogen) atoms. The second kappa shape index (κ2) is 3.50. The third-order valence-electron chi connectivity index (χ3n) is 2.87. The van der Waals surface area contributed by atoms with Crippen molar-refractivity contribution in [3.8, 4) is 0 Å². The number of aliphatic hydroxyl groups is 1. The smallest absolute Gasteiger partial charge is 0.333 e. The summed E-state index contributed by atoms with van der Waals surface area (Å²) in [4.78, 5) is 10.8. The van der Waals surface area contributed by atoms with E-state index in [4.69, 9.17) is 0 Å². The molecule has 0 bridgehead atoms. The summed E-state index contributed by atoms with van der Waals surface area (Å²) in [7, 11) is 0. The third kappa shape index (κ3) is 1.75. The Balaban J connectivity index is 2.06. The standard InChI is InChI=1S/C10H14O3/c11-9-6-8(10(12)13-9)7-4-2-1-3-5-7/h6-7,10,12H,1-5H2. The maximum Gasteiger partial charge on any atom is 0.333 e. The Morgan fingerprint density at radius 3 is 2.54 bits per heavy atom. The zero-order valence-electron chi connectivity index (χ0n) is 7.53. The molecule has 1 N–H and O–H groups in total. The molecule has 1 heterocycles. The van der Waals surface area contributed by atoms with E-state index in [1.165, 1.54) is 25.3 Å². The minimum atomic E-state index is -0.962. The highest BCUT2D eigenvalue weighted by Crippen LogP contribution is 2.33. The average molecular weight is 182 g/mol. The first-order chi connectivity index (χ1) is 6.27. The van der Waals surface area contributed by atoms with Gasteiger partial charge in [0.2, 0.25) is 6.29 Å². The van der Waals surface area contributed by atoms with Crippen molar-refractivity contribution in [1.82, 2.24) is 0 Å². The number of carbonyl (C=O) groups is 1. The minimum Gasteiger partial charge on any atom is -0.429 e. The Morgan fingerprint density at radius 2 is 2.00 bits per heavy atom. The first-order valence-corrected chi connectivity index (χ1v) is 4.87. The first-order valence-electron chi connectivity index (χ1n) is 4.87. The molecule has 1 aliphatic heterocycles. The Hall–Kier alpha value is -0.830. The summed E-state index contributed by atoms with van der Waals surface area (Å²) in [5, 5.41) is 9.40. The molecular formula is C10H14O3. The van der Waals surface area contributed by atoms with Gasteiger partial charge in [-0.05, 0) is 18.8 Å². The quantitative estimate of drug-likeness (QED) is 0.623. The van der Waals surface area contributed by atoms with Crippen LogP contribution in [0.15, 0.2) is 11.6 Å². The van der Waals surface area contributed by atoms with Gasteiger partial charge in [0.05, 0.1) is 0 Å². The third-order valence-corrected chi connectivity index (χ3v) is 2.87. The van der Waals surface area contributed by atoms with Crippen molar-refractivity contribution in [1.29, 1.82) is 0 Å². The number of rotatable bonds is 1. The molecule has 0 amide bonds. The molecule has 1 unspecified atom stereocenters. The number of cyclic esters (lactones) is 1. The van der Waals surface area contributed by atoms with Crippen LogP contribution in [0.2, 0.25) is 0 Å². The molecule has 0 aromatic carbocycles. The summed E-state index contributed by atoms with van der Waals surface area (Å²) in [6.07, 6.45) is 6.33. The van der Waals surface area contributed by atoms with Gasteiger partial charge in [-0.2, -0.15) is 0 Å². The van der Waals surface area contributed by atoms with E-state index < -0.39 is 12.3 Å². The van der Waals surface area contributed by atoms with Gasteiger partial charge in [-0.3, -0.25) is 0 Å². The van der Waals surface area contributed by atoms with Gasteiger partial charge in [0, 0.05) is 11.6 Å². The van der Waals surface area contributed by atoms with Crippen LogP contribution in [0, 0.1) is 5.92 Å². The summed E-state index contributed by atoms with van der Waals surface area (Å²) >= 11 is 0. The van der Waals surface area contributed by atoms with E-state index in [-0.39, 0.29) is 0 Å². The van der Waals surface area contributed by atoms with Gasteiger partial charge in [0.1, 0.15) is 0 Å². The van der Waals surface area contributed by atoms with Crippen molar-refractivity contribution in [2.45, 2.75) is 38.4 Å². The first kappa shape index (κ1) is 8.75. The number of esters is 1. The molecule has 1 fully saturated rings. The molecule has 3 heteroatoms. The zero-order valence-corrected chi connectivity index (χ0v) is 7.53. The maximum atomic E-state index is 10.8. The molecule has 1 atom stereocenters. The van der Waals surface area contributed by atoms with Crippen LogP contribution in [-0.2, 0) is 9.53 Å². The predicted octanol–water partition coefficient (Wildman–Crippen LogP) is 1.37. The van der Waals surface area contributed by atoms with E-state index in [0.29, 0.717) is 5.92 Å². The topological polar surface area (TPSA) is 46.5 Å². The molecule has 0 aromatic heterocycles. The highest BCUT2D eigenvalue weighted by atomic mass is 16.6. The van der Waals surface area contributed by atoms with Crippen LogP contribution < -0.4 is 0 Å². The van der Waals surface area contributed by atoms with Crippen LogP contribution >= 0.6 is 0 Å². The van der Waals surface area contributed by atoms with Crippen molar-refractivity contribution in [2.24, 2.45) is 5.92 Å². The fourth-order valence-corrected chi connectivity index (χ4v) is 2.17. The van der Waals surface area contributed by atoms with Crippen molar-refractivity contribution in [3.05, 3.63) is 11.6 Å². The van der Waals surface area contributed by atoms with Gasteiger partial charge in [0.25, 0.3) is 0 Å². The molecule has 3 nitrogen and oxygen atoms in total. The monoisotopic (exact) mass is 182 g/mol. The molecule has 2 aliphatic rings. The average Bonchev–Trinajstić information content (AvgIpc) is 2.47. The largest absolute Gasteiger partial charge is 0.429 e. The number of aliphatic hydroxyl groups excluding tert-OH is 1. The molecule has 1 saturated carbocycles. The van der Waals surface area contributed by atoms with Crippen molar-refractivity contribution in [3.63, 3.8) is 0 Å². The summed E-state index contributed by atoms with van der Waals surface area (Å²) in [6, 6.07) is 0. The van der Waals surface area contributed by atoms with E-state index in [2.05, 4.69) is 4.74 Å². The van der Waals surface area contributed by atoms with E-state index >= 15 is 0 Å². The fraction of sp³-hybridized carbons (Fsp3) is 0.700. The highest BCUT2D eigenvalue weighted by molar-refractivity contribution is 5.85.